The summed E-state index contributed by atoms with van der Waals surface area (Å²) in [4.78, 5) is 19.6. The summed E-state index contributed by atoms with van der Waals surface area (Å²) in [5.41, 5.74) is 0. The first kappa shape index (κ1) is 17.1. The Labute approximate surface area is 95.1 Å². The van der Waals surface area contributed by atoms with Gasteiger partial charge < -0.3 is 19.9 Å². The molecule has 0 fully saturated rings. The van der Waals surface area contributed by atoms with E-state index in [0.717, 1.165) is 0 Å². The molecule has 1 amide bonds. The number of amides is 1. The lowest BCUT2D eigenvalue weighted by Crippen LogP contribution is -2.33. The molecule has 0 saturated heterocycles. The number of rotatable bonds is 5. The van der Waals surface area contributed by atoms with Gasteiger partial charge in [-0.05, 0) is 14.0 Å². The van der Waals surface area contributed by atoms with Crippen molar-refractivity contribution in [3.05, 3.63) is 0 Å². The van der Waals surface area contributed by atoms with E-state index in [2.05, 4.69) is 5.32 Å². The Bertz CT molecular complexity index is 198. The van der Waals surface area contributed by atoms with Crippen molar-refractivity contribution in [1.82, 2.24) is 10.6 Å². The third kappa shape index (κ3) is 15.1. The number of carbonyl (C=O) groups excluding carboxylic acids is 1. The van der Waals surface area contributed by atoms with Crippen molar-refractivity contribution in [2.24, 2.45) is 0 Å². The lowest BCUT2D eigenvalue weighted by Gasteiger charge is -2.14. The highest BCUT2D eigenvalue weighted by atomic mass is 16.6. The number of ether oxygens (including phenoxy) is 2. The van der Waals surface area contributed by atoms with Crippen LogP contribution in [0.5, 0.6) is 0 Å². The number of hydrogen-bond acceptors (Lipinski definition) is 5. The number of nitrogens with one attached hydrogen (secondary N) is 2. The minimum atomic E-state index is -0.995. The molecule has 0 radical (unpaired) electrons. The second-order valence-corrected chi connectivity index (χ2v) is 2.59. The zero-order chi connectivity index (χ0) is 13.0. The number of esters is 1. The average Bonchev–Trinajstić information content (AvgIpc) is 2.24. The molecule has 7 heteroatoms. The summed E-state index contributed by atoms with van der Waals surface area (Å²) < 4.78 is 9.87. The fourth-order valence-electron chi connectivity index (χ4n) is 0.609. The number of hydrogen-bond donors (Lipinski definition) is 3. The third-order valence-electron chi connectivity index (χ3n) is 1.34. The first-order chi connectivity index (χ1) is 7.47. The second-order valence-electron chi connectivity index (χ2n) is 2.59. The monoisotopic (exact) mass is 236 g/mol. The molecule has 0 aromatic carbocycles. The molecule has 0 aromatic heterocycles. The molecular formula is C9H20N2O5. The lowest BCUT2D eigenvalue weighted by molar-refractivity contribution is -0.145. The fraction of sp³-hybridized carbons (Fsp3) is 0.778. The highest BCUT2D eigenvalue weighted by molar-refractivity contribution is 5.65. The summed E-state index contributed by atoms with van der Waals surface area (Å²) in [6.07, 6.45) is -1.19. The van der Waals surface area contributed by atoms with Gasteiger partial charge in [-0.3, -0.25) is 10.1 Å². The third-order valence-corrected chi connectivity index (χ3v) is 1.34. The number of carboxylic acid groups (broad SMARTS) is 1. The van der Waals surface area contributed by atoms with Gasteiger partial charge >= 0.3 is 12.1 Å². The van der Waals surface area contributed by atoms with Crippen molar-refractivity contribution in [3.63, 3.8) is 0 Å². The van der Waals surface area contributed by atoms with Crippen molar-refractivity contribution in [2.75, 3.05) is 27.3 Å². The lowest BCUT2D eigenvalue weighted by atomic mass is 10.6. The van der Waals surface area contributed by atoms with Crippen molar-refractivity contribution in [2.45, 2.75) is 20.1 Å². The van der Waals surface area contributed by atoms with Crippen LogP contribution in [0.15, 0.2) is 0 Å². The first-order valence-corrected chi connectivity index (χ1v) is 4.80. The maximum Gasteiger partial charge on any atom is 0.404 e. The molecule has 3 N–H and O–H groups in total. The minimum absolute atomic E-state index is 0.191. The highest BCUT2D eigenvalue weighted by Gasteiger charge is 2.05. The average molecular weight is 236 g/mol. The molecule has 0 rings (SSSR count). The van der Waals surface area contributed by atoms with Gasteiger partial charge in [0, 0.05) is 20.6 Å². The van der Waals surface area contributed by atoms with E-state index in [1.807, 2.05) is 12.2 Å². The van der Waals surface area contributed by atoms with Gasteiger partial charge in [0.1, 0.15) is 12.8 Å². The maximum absolute atomic E-state index is 10.4. The van der Waals surface area contributed by atoms with E-state index in [1.165, 1.54) is 14.0 Å². The Morgan fingerprint density at radius 1 is 1.38 bits per heavy atom. The predicted octanol–water partition coefficient (Wildman–Crippen LogP) is 0.0153. The molecule has 0 spiro atoms. The van der Waals surface area contributed by atoms with Crippen LogP contribution < -0.4 is 10.6 Å². The van der Waals surface area contributed by atoms with E-state index < -0.39 is 6.09 Å². The molecule has 0 aromatic rings. The van der Waals surface area contributed by atoms with E-state index in [4.69, 9.17) is 14.6 Å². The van der Waals surface area contributed by atoms with Crippen LogP contribution >= 0.6 is 0 Å². The molecule has 0 saturated carbocycles. The van der Waals surface area contributed by atoms with Crippen LogP contribution in [0.25, 0.3) is 0 Å². The van der Waals surface area contributed by atoms with Crippen LogP contribution in [0.3, 0.4) is 0 Å². The second kappa shape index (κ2) is 11.7. The quantitative estimate of drug-likeness (QED) is 0.460. The van der Waals surface area contributed by atoms with Crippen LogP contribution in [0.4, 0.5) is 4.79 Å². The van der Waals surface area contributed by atoms with E-state index in [0.29, 0.717) is 6.61 Å². The molecule has 1 unspecified atom stereocenters. The Balaban J connectivity index is 0. The number of carbonyl (C=O) groups is 2. The van der Waals surface area contributed by atoms with Gasteiger partial charge in [-0.2, -0.15) is 0 Å². The fourth-order valence-corrected chi connectivity index (χ4v) is 0.609. The Morgan fingerprint density at radius 3 is 2.12 bits per heavy atom. The Kier molecular flexibility index (Phi) is 12.5. The molecule has 96 valence electrons. The highest BCUT2D eigenvalue weighted by Crippen LogP contribution is 1.88. The van der Waals surface area contributed by atoms with Gasteiger partial charge in [0.25, 0.3) is 0 Å². The molecular weight excluding hydrogens is 216 g/mol. The van der Waals surface area contributed by atoms with Crippen molar-refractivity contribution in [3.8, 4) is 0 Å². The van der Waals surface area contributed by atoms with Crippen LogP contribution in [0.1, 0.15) is 13.8 Å². The van der Waals surface area contributed by atoms with Crippen LogP contribution in [0.2, 0.25) is 0 Å². The van der Waals surface area contributed by atoms with Gasteiger partial charge in [0.2, 0.25) is 0 Å². The molecule has 0 aliphatic carbocycles. The summed E-state index contributed by atoms with van der Waals surface area (Å²) in [6.45, 7) is 4.13. The first-order valence-electron chi connectivity index (χ1n) is 4.80. The summed E-state index contributed by atoms with van der Waals surface area (Å²) in [6, 6.07) is 0. The van der Waals surface area contributed by atoms with Gasteiger partial charge in [0.15, 0.2) is 0 Å². The predicted molar refractivity (Wildman–Crippen MR) is 58.2 cm³/mol. The van der Waals surface area contributed by atoms with Crippen LogP contribution in [-0.2, 0) is 14.3 Å². The topological polar surface area (TPSA) is 96.9 Å². The zero-order valence-corrected chi connectivity index (χ0v) is 10.1. The smallest absolute Gasteiger partial charge is 0.404 e. The van der Waals surface area contributed by atoms with E-state index in [-0.39, 0.29) is 18.8 Å². The maximum atomic E-state index is 10.4. The number of likely N-dealkylation sites (N-methyl/N-ethyl adjacent to an activating group) is 1. The van der Waals surface area contributed by atoms with Gasteiger partial charge in [-0.25, -0.2) is 4.79 Å². The van der Waals surface area contributed by atoms with E-state index in [1.54, 1.807) is 7.05 Å². The zero-order valence-electron chi connectivity index (χ0n) is 10.1. The normalized spacial score (nSPS) is 10.8. The van der Waals surface area contributed by atoms with Crippen molar-refractivity contribution < 1.29 is 24.2 Å². The summed E-state index contributed by atoms with van der Waals surface area (Å²) in [5, 5.41) is 12.4. The van der Waals surface area contributed by atoms with Gasteiger partial charge in [-0.1, -0.05) is 0 Å². The molecule has 0 bridgehead atoms. The van der Waals surface area contributed by atoms with Crippen LogP contribution in [-0.4, -0.2) is 50.7 Å². The van der Waals surface area contributed by atoms with E-state index in [9.17, 15) is 9.59 Å². The van der Waals surface area contributed by atoms with Crippen molar-refractivity contribution >= 4 is 12.1 Å². The molecule has 7 nitrogen and oxygen atoms in total. The molecule has 0 aliphatic heterocycles. The van der Waals surface area contributed by atoms with E-state index >= 15 is 0 Å². The largest absolute Gasteiger partial charge is 0.465 e. The Morgan fingerprint density at radius 2 is 1.88 bits per heavy atom. The summed E-state index contributed by atoms with van der Waals surface area (Å²) >= 11 is 0. The minimum Gasteiger partial charge on any atom is -0.465 e. The van der Waals surface area contributed by atoms with Gasteiger partial charge in [-0.15, -0.1) is 0 Å². The summed E-state index contributed by atoms with van der Waals surface area (Å²) in [5.74, 6) is -0.287. The Hall–Kier alpha value is -1.34. The molecule has 0 heterocycles. The van der Waals surface area contributed by atoms with Crippen LogP contribution in [0, 0.1) is 0 Å². The SMILES string of the molecule is CCOC(COC(C)=O)NC.CNC(=O)O. The van der Waals surface area contributed by atoms with Crippen molar-refractivity contribution in [1.29, 1.82) is 0 Å². The molecule has 1 atom stereocenters. The summed E-state index contributed by atoms with van der Waals surface area (Å²) in [7, 11) is 3.10. The van der Waals surface area contributed by atoms with Gasteiger partial charge in [0.05, 0.1) is 0 Å². The molecule has 16 heavy (non-hydrogen) atoms. The molecule has 0 aliphatic rings. The standard InChI is InChI=1S/C7H15NO3.C2H5NO2/c1-4-10-7(8-3)5-11-6(2)9;1-3-2(4)5/h7-8H,4-5H2,1-3H3;3H,1H3,(H,4,5).